The summed E-state index contributed by atoms with van der Waals surface area (Å²) in [5.41, 5.74) is 0. The molecule has 1 aliphatic rings. The van der Waals surface area contributed by atoms with Crippen LogP contribution in [0, 0.1) is 6.92 Å². The highest BCUT2D eigenvalue weighted by molar-refractivity contribution is 4.88. The minimum absolute atomic E-state index is 0.494. The standard InChI is InChI=1S/C7H10FN3O/c1-5-9-7(10-12-5)4-11-2-6(8)3-11/h6H,2-4H2,1H3. The first-order valence-corrected chi connectivity index (χ1v) is 3.89. The number of alkyl halides is 1. The van der Waals surface area contributed by atoms with Crippen LogP contribution in [-0.4, -0.2) is 34.3 Å². The molecule has 0 atom stereocenters. The van der Waals surface area contributed by atoms with Crippen LogP contribution in [0.15, 0.2) is 4.52 Å². The van der Waals surface area contributed by atoms with Gasteiger partial charge in [-0.2, -0.15) is 4.98 Å². The Kier molecular flexibility index (Phi) is 1.80. The van der Waals surface area contributed by atoms with Crippen LogP contribution in [0.3, 0.4) is 0 Å². The summed E-state index contributed by atoms with van der Waals surface area (Å²) in [5, 5.41) is 3.71. The van der Waals surface area contributed by atoms with Crippen LogP contribution in [0.5, 0.6) is 0 Å². The number of hydrogen-bond donors (Lipinski definition) is 0. The van der Waals surface area contributed by atoms with Crippen molar-refractivity contribution >= 4 is 0 Å². The molecule has 1 saturated heterocycles. The first-order chi connectivity index (χ1) is 5.74. The first kappa shape index (κ1) is 7.67. The number of rotatable bonds is 2. The smallest absolute Gasteiger partial charge is 0.223 e. The monoisotopic (exact) mass is 171 g/mol. The Bertz CT molecular complexity index is 269. The molecule has 0 saturated carbocycles. The van der Waals surface area contributed by atoms with Gasteiger partial charge in [0.15, 0.2) is 5.82 Å². The van der Waals surface area contributed by atoms with E-state index in [1.54, 1.807) is 6.92 Å². The molecule has 1 fully saturated rings. The predicted molar refractivity (Wildman–Crippen MR) is 39.2 cm³/mol. The van der Waals surface area contributed by atoms with Gasteiger partial charge in [0.25, 0.3) is 0 Å². The van der Waals surface area contributed by atoms with Crippen LogP contribution in [0.4, 0.5) is 4.39 Å². The van der Waals surface area contributed by atoms with E-state index in [0.29, 0.717) is 31.3 Å². The quantitative estimate of drug-likeness (QED) is 0.651. The number of likely N-dealkylation sites (tertiary alicyclic amines) is 1. The number of halogens is 1. The van der Waals surface area contributed by atoms with Crippen LogP contribution >= 0.6 is 0 Å². The lowest BCUT2D eigenvalue weighted by Gasteiger charge is -2.32. The Balaban J connectivity index is 1.88. The summed E-state index contributed by atoms with van der Waals surface area (Å²) in [4.78, 5) is 5.96. The molecule has 0 unspecified atom stereocenters. The zero-order chi connectivity index (χ0) is 8.55. The third-order valence-electron chi connectivity index (χ3n) is 1.85. The summed E-state index contributed by atoms with van der Waals surface area (Å²) in [5.74, 6) is 1.20. The molecular weight excluding hydrogens is 161 g/mol. The van der Waals surface area contributed by atoms with Crippen LogP contribution in [0.2, 0.25) is 0 Å². The molecule has 0 bridgehead atoms. The van der Waals surface area contributed by atoms with Crippen molar-refractivity contribution in [3.05, 3.63) is 11.7 Å². The lowest BCUT2D eigenvalue weighted by atomic mass is 10.2. The summed E-state index contributed by atoms with van der Waals surface area (Å²) in [6.07, 6.45) is -0.669. The molecular formula is C7H10FN3O. The maximum Gasteiger partial charge on any atom is 0.223 e. The Hall–Kier alpha value is -0.970. The molecule has 4 nitrogen and oxygen atoms in total. The van der Waals surface area contributed by atoms with E-state index in [1.807, 2.05) is 4.90 Å². The fraction of sp³-hybridized carbons (Fsp3) is 0.714. The summed E-state index contributed by atoms with van der Waals surface area (Å²) in [7, 11) is 0. The topological polar surface area (TPSA) is 42.2 Å². The molecule has 1 aromatic rings. The van der Waals surface area contributed by atoms with E-state index in [4.69, 9.17) is 4.52 Å². The highest BCUT2D eigenvalue weighted by Crippen LogP contribution is 2.13. The second-order valence-electron chi connectivity index (χ2n) is 3.02. The fourth-order valence-electron chi connectivity index (χ4n) is 1.24. The first-order valence-electron chi connectivity index (χ1n) is 3.89. The van der Waals surface area contributed by atoms with Crippen molar-refractivity contribution in [1.29, 1.82) is 0 Å². The van der Waals surface area contributed by atoms with E-state index in [1.165, 1.54) is 0 Å². The molecule has 0 radical (unpaired) electrons. The average molecular weight is 171 g/mol. The molecule has 2 rings (SSSR count). The average Bonchev–Trinajstić information content (AvgIpc) is 2.33. The SMILES string of the molecule is Cc1nc(CN2CC(F)C2)no1. The van der Waals surface area contributed by atoms with Crippen LogP contribution in [0.25, 0.3) is 0 Å². The summed E-state index contributed by atoms with van der Waals surface area (Å²) in [6.45, 7) is 3.32. The number of hydrogen-bond acceptors (Lipinski definition) is 4. The molecule has 0 aromatic carbocycles. The normalized spacial score (nSPS) is 19.5. The molecule has 2 heterocycles. The maximum absolute atomic E-state index is 12.4. The summed E-state index contributed by atoms with van der Waals surface area (Å²) < 4.78 is 17.1. The highest BCUT2D eigenvalue weighted by Gasteiger charge is 2.26. The van der Waals surface area contributed by atoms with Gasteiger partial charge in [0, 0.05) is 20.0 Å². The molecule has 0 N–H and O–H groups in total. The predicted octanol–water partition coefficient (Wildman–Crippen LogP) is 0.532. The zero-order valence-electron chi connectivity index (χ0n) is 6.83. The second-order valence-corrected chi connectivity index (χ2v) is 3.02. The maximum atomic E-state index is 12.4. The van der Waals surface area contributed by atoms with Gasteiger partial charge in [0.2, 0.25) is 5.89 Å². The Morgan fingerprint density at radius 1 is 1.67 bits per heavy atom. The molecule has 66 valence electrons. The van der Waals surface area contributed by atoms with Crippen molar-refractivity contribution in [3.8, 4) is 0 Å². The van der Waals surface area contributed by atoms with E-state index in [0.717, 1.165) is 0 Å². The van der Waals surface area contributed by atoms with Gasteiger partial charge < -0.3 is 4.52 Å². The molecule has 1 aliphatic heterocycles. The largest absolute Gasteiger partial charge is 0.340 e. The lowest BCUT2D eigenvalue weighted by Crippen LogP contribution is -2.47. The van der Waals surface area contributed by atoms with Crippen LogP contribution in [-0.2, 0) is 6.54 Å². The summed E-state index contributed by atoms with van der Waals surface area (Å²) >= 11 is 0. The van der Waals surface area contributed by atoms with Crippen LogP contribution < -0.4 is 0 Å². The number of aromatic nitrogens is 2. The van der Waals surface area contributed by atoms with Crippen molar-refractivity contribution in [2.45, 2.75) is 19.6 Å². The second kappa shape index (κ2) is 2.82. The molecule has 1 aromatic heterocycles. The Labute approximate surface area is 69.4 Å². The van der Waals surface area contributed by atoms with Gasteiger partial charge >= 0.3 is 0 Å². The van der Waals surface area contributed by atoms with Crippen molar-refractivity contribution < 1.29 is 8.91 Å². The van der Waals surface area contributed by atoms with Gasteiger partial charge in [-0.3, -0.25) is 4.90 Å². The summed E-state index contributed by atoms with van der Waals surface area (Å²) in [6, 6.07) is 0. The van der Waals surface area contributed by atoms with E-state index >= 15 is 0 Å². The molecule has 0 spiro atoms. The third kappa shape index (κ3) is 1.45. The van der Waals surface area contributed by atoms with E-state index in [9.17, 15) is 4.39 Å². The third-order valence-corrected chi connectivity index (χ3v) is 1.85. The molecule has 0 amide bonds. The number of aryl methyl sites for hydroxylation is 1. The van der Waals surface area contributed by atoms with Crippen molar-refractivity contribution in [2.24, 2.45) is 0 Å². The molecule has 12 heavy (non-hydrogen) atoms. The van der Waals surface area contributed by atoms with Gasteiger partial charge in [-0.15, -0.1) is 0 Å². The van der Waals surface area contributed by atoms with Crippen molar-refractivity contribution in [2.75, 3.05) is 13.1 Å². The molecule has 0 aliphatic carbocycles. The lowest BCUT2D eigenvalue weighted by molar-refractivity contribution is 0.0562. The highest BCUT2D eigenvalue weighted by atomic mass is 19.1. The number of nitrogens with zero attached hydrogens (tertiary/aromatic N) is 3. The fourth-order valence-corrected chi connectivity index (χ4v) is 1.24. The Morgan fingerprint density at radius 3 is 2.92 bits per heavy atom. The van der Waals surface area contributed by atoms with Crippen molar-refractivity contribution in [3.63, 3.8) is 0 Å². The van der Waals surface area contributed by atoms with Gasteiger partial charge in [0.05, 0.1) is 6.54 Å². The van der Waals surface area contributed by atoms with E-state index in [-0.39, 0.29) is 0 Å². The minimum Gasteiger partial charge on any atom is -0.340 e. The van der Waals surface area contributed by atoms with Gasteiger partial charge in [0.1, 0.15) is 6.17 Å². The Morgan fingerprint density at radius 2 is 2.42 bits per heavy atom. The van der Waals surface area contributed by atoms with Crippen molar-refractivity contribution in [1.82, 2.24) is 15.0 Å². The van der Waals surface area contributed by atoms with Gasteiger partial charge in [-0.05, 0) is 0 Å². The van der Waals surface area contributed by atoms with Crippen LogP contribution in [0.1, 0.15) is 11.7 Å². The van der Waals surface area contributed by atoms with Gasteiger partial charge in [-0.25, -0.2) is 4.39 Å². The zero-order valence-corrected chi connectivity index (χ0v) is 6.83. The molecule has 5 heteroatoms. The van der Waals surface area contributed by atoms with E-state index in [2.05, 4.69) is 10.1 Å². The minimum atomic E-state index is -0.669. The van der Waals surface area contributed by atoms with E-state index < -0.39 is 6.17 Å². The van der Waals surface area contributed by atoms with Gasteiger partial charge in [-0.1, -0.05) is 5.16 Å².